The van der Waals surface area contributed by atoms with Crippen LogP contribution in [0, 0.1) is 0 Å². The van der Waals surface area contributed by atoms with Crippen LogP contribution in [0.1, 0.15) is 0 Å². The highest BCUT2D eigenvalue weighted by Gasteiger charge is 2.13. The number of nitrogens with zero attached hydrogens (tertiary/aromatic N) is 2. The number of hydrogen-bond donors (Lipinski definition) is 0. The lowest BCUT2D eigenvalue weighted by atomic mass is 9.94. The van der Waals surface area contributed by atoms with Gasteiger partial charge >= 0.3 is 0 Å². The minimum Gasteiger partial charge on any atom is -0.309 e. The maximum Gasteiger partial charge on any atom is 0.0715 e. The molecular formula is C59H40N2. The fourth-order valence-electron chi connectivity index (χ4n) is 8.70. The molecule has 0 fully saturated rings. The van der Waals surface area contributed by atoms with Crippen LogP contribution < -0.4 is 0 Å². The molecule has 2 nitrogen and oxygen atoms in total. The Hall–Kier alpha value is -8.07. The highest BCUT2D eigenvalue weighted by atomic mass is 15.0. The summed E-state index contributed by atoms with van der Waals surface area (Å²) in [5.41, 5.74) is 19.5. The highest BCUT2D eigenvalue weighted by Crippen LogP contribution is 2.36. The van der Waals surface area contributed by atoms with Crippen LogP contribution in [0.25, 0.3) is 106 Å². The fourth-order valence-corrected chi connectivity index (χ4v) is 8.70. The molecule has 0 saturated carbocycles. The van der Waals surface area contributed by atoms with Gasteiger partial charge in [0.2, 0.25) is 0 Å². The molecular weight excluding hydrogens is 737 g/mol. The van der Waals surface area contributed by atoms with Gasteiger partial charge in [0.05, 0.1) is 22.4 Å². The van der Waals surface area contributed by atoms with Gasteiger partial charge in [0.15, 0.2) is 0 Å². The van der Waals surface area contributed by atoms with Crippen molar-refractivity contribution in [2.45, 2.75) is 0 Å². The molecule has 0 bridgehead atoms. The number of pyridine rings is 1. The molecule has 0 aliphatic heterocycles. The van der Waals surface area contributed by atoms with Gasteiger partial charge in [0, 0.05) is 27.6 Å². The molecule has 11 aromatic rings. The third-order valence-electron chi connectivity index (χ3n) is 11.8. The normalized spacial score (nSPS) is 11.3. The monoisotopic (exact) mass is 776 g/mol. The van der Waals surface area contributed by atoms with Crippen molar-refractivity contribution in [1.82, 2.24) is 9.55 Å². The summed E-state index contributed by atoms with van der Waals surface area (Å²) in [5, 5.41) is 2.55. The first-order valence-electron chi connectivity index (χ1n) is 20.9. The third-order valence-corrected chi connectivity index (χ3v) is 11.8. The summed E-state index contributed by atoms with van der Waals surface area (Å²) in [7, 11) is 0. The Balaban J connectivity index is 0.861. The average molecular weight is 777 g/mol. The van der Waals surface area contributed by atoms with E-state index in [1.54, 1.807) is 0 Å². The molecule has 0 amide bonds. The van der Waals surface area contributed by atoms with E-state index in [1.165, 1.54) is 71.9 Å². The zero-order valence-corrected chi connectivity index (χ0v) is 33.5. The maximum atomic E-state index is 5.14. The molecule has 0 atom stereocenters. The fraction of sp³-hybridized carbons (Fsp3) is 0. The lowest BCUT2D eigenvalue weighted by Crippen LogP contribution is -1.93. The first-order chi connectivity index (χ1) is 30.2. The number of rotatable bonds is 8. The quantitative estimate of drug-likeness (QED) is 0.150. The van der Waals surface area contributed by atoms with Crippen LogP contribution in [-0.2, 0) is 0 Å². The molecule has 2 heteroatoms. The van der Waals surface area contributed by atoms with Crippen molar-refractivity contribution in [2.24, 2.45) is 0 Å². The van der Waals surface area contributed by atoms with Crippen molar-refractivity contribution in [3.8, 4) is 83.8 Å². The Kier molecular flexibility index (Phi) is 9.22. The zero-order chi connectivity index (χ0) is 40.5. The smallest absolute Gasteiger partial charge is 0.0715 e. The number of hydrogen-bond acceptors (Lipinski definition) is 1. The lowest BCUT2D eigenvalue weighted by molar-refractivity contribution is 1.18. The first kappa shape index (κ1) is 36.0. The van der Waals surface area contributed by atoms with Crippen molar-refractivity contribution in [3.63, 3.8) is 0 Å². The molecule has 0 aliphatic carbocycles. The summed E-state index contributed by atoms with van der Waals surface area (Å²) in [6.45, 7) is 0. The molecule has 9 aromatic carbocycles. The van der Waals surface area contributed by atoms with Crippen LogP contribution in [0.2, 0.25) is 0 Å². The predicted molar refractivity (Wildman–Crippen MR) is 257 cm³/mol. The largest absolute Gasteiger partial charge is 0.309 e. The van der Waals surface area contributed by atoms with Crippen LogP contribution in [0.5, 0.6) is 0 Å². The van der Waals surface area contributed by atoms with Crippen molar-refractivity contribution < 1.29 is 0 Å². The third kappa shape index (κ3) is 7.01. The summed E-state index contributed by atoms with van der Waals surface area (Å²) in [5.74, 6) is 0. The van der Waals surface area contributed by atoms with Crippen molar-refractivity contribution in [3.05, 3.63) is 243 Å². The summed E-state index contributed by atoms with van der Waals surface area (Å²) >= 11 is 0. The first-order valence-corrected chi connectivity index (χ1v) is 20.9. The average Bonchev–Trinajstić information content (AvgIpc) is 3.69. The van der Waals surface area contributed by atoms with Gasteiger partial charge in [-0.05, 0) is 110 Å². The highest BCUT2D eigenvalue weighted by molar-refractivity contribution is 6.09. The number of aromatic nitrogens is 2. The molecule has 11 rings (SSSR count). The number of benzene rings is 9. The van der Waals surface area contributed by atoms with Crippen molar-refractivity contribution >= 4 is 21.8 Å². The van der Waals surface area contributed by atoms with Crippen molar-refractivity contribution in [1.29, 1.82) is 0 Å². The van der Waals surface area contributed by atoms with E-state index in [4.69, 9.17) is 4.98 Å². The van der Waals surface area contributed by atoms with E-state index in [1.807, 2.05) is 6.07 Å². The summed E-state index contributed by atoms with van der Waals surface area (Å²) in [6.07, 6.45) is 0. The second-order valence-electron chi connectivity index (χ2n) is 15.6. The second-order valence-corrected chi connectivity index (χ2v) is 15.6. The van der Waals surface area contributed by atoms with Crippen LogP contribution in [-0.4, -0.2) is 9.55 Å². The predicted octanol–water partition coefficient (Wildman–Crippen LogP) is 15.8. The molecule has 0 saturated heterocycles. The van der Waals surface area contributed by atoms with E-state index in [2.05, 4.69) is 241 Å². The van der Waals surface area contributed by atoms with E-state index >= 15 is 0 Å². The number of para-hydroxylation sites is 2. The van der Waals surface area contributed by atoms with Gasteiger partial charge in [-0.2, -0.15) is 0 Å². The summed E-state index contributed by atoms with van der Waals surface area (Å²) in [6, 6.07) is 87.1. The van der Waals surface area contributed by atoms with Gasteiger partial charge < -0.3 is 4.57 Å². The van der Waals surface area contributed by atoms with Crippen LogP contribution in [0.15, 0.2) is 243 Å². The Morgan fingerprint density at radius 1 is 0.230 bits per heavy atom. The van der Waals surface area contributed by atoms with Gasteiger partial charge in [-0.25, -0.2) is 4.98 Å². The van der Waals surface area contributed by atoms with Gasteiger partial charge in [-0.1, -0.05) is 188 Å². The standard InChI is InChI=1S/C59H40N2/c1-3-14-41(15-4-1)52-39-56(44-16-5-2-6-17-44)60-57(40-52)45-30-28-42(29-31-45)46-18-11-20-48(36-46)50-22-13-23-51(38-50)49-21-12-19-47(37-49)43-32-34-53(35-33-43)61-58-26-9-7-24-54(58)55-25-8-10-27-59(55)61/h1-40H. The molecule has 61 heavy (non-hydrogen) atoms. The van der Waals surface area contributed by atoms with Crippen LogP contribution in [0.3, 0.4) is 0 Å². The summed E-state index contributed by atoms with van der Waals surface area (Å²) < 4.78 is 2.37. The molecule has 0 unspecified atom stereocenters. The maximum absolute atomic E-state index is 5.14. The Morgan fingerprint density at radius 2 is 0.557 bits per heavy atom. The zero-order valence-electron chi connectivity index (χ0n) is 33.5. The minimum atomic E-state index is 0.956. The number of fused-ring (bicyclic) bond motifs is 3. The molecule has 0 spiro atoms. The van der Waals surface area contributed by atoms with Gasteiger partial charge in [-0.3, -0.25) is 0 Å². The van der Waals surface area contributed by atoms with E-state index in [-0.39, 0.29) is 0 Å². The summed E-state index contributed by atoms with van der Waals surface area (Å²) in [4.78, 5) is 5.14. The van der Waals surface area contributed by atoms with Gasteiger partial charge in [0.25, 0.3) is 0 Å². The molecule has 2 aromatic heterocycles. The van der Waals surface area contributed by atoms with Gasteiger partial charge in [0.1, 0.15) is 0 Å². The Morgan fingerprint density at radius 3 is 1.03 bits per heavy atom. The van der Waals surface area contributed by atoms with E-state index in [0.29, 0.717) is 0 Å². The Labute approximate surface area is 356 Å². The van der Waals surface area contributed by atoms with Crippen molar-refractivity contribution in [2.75, 3.05) is 0 Å². The lowest BCUT2D eigenvalue weighted by Gasteiger charge is -2.12. The second kappa shape index (κ2) is 15.6. The van der Waals surface area contributed by atoms with Crippen LogP contribution >= 0.6 is 0 Å². The SMILES string of the molecule is c1ccc(-c2cc(-c3ccccc3)nc(-c3ccc(-c4cccc(-c5cccc(-c6cccc(-c7ccc(-n8c9ccccc9c9ccccc98)cc7)c6)c5)c4)cc3)c2)cc1. The topological polar surface area (TPSA) is 17.8 Å². The van der Waals surface area contributed by atoms with E-state index in [9.17, 15) is 0 Å². The van der Waals surface area contributed by atoms with Gasteiger partial charge in [-0.15, -0.1) is 0 Å². The Bertz CT molecular complexity index is 3210. The molecule has 0 aliphatic rings. The molecule has 0 N–H and O–H groups in total. The molecule has 2 heterocycles. The molecule has 286 valence electrons. The molecule has 0 radical (unpaired) electrons. The minimum absolute atomic E-state index is 0.956. The van der Waals surface area contributed by atoms with Crippen LogP contribution in [0.4, 0.5) is 0 Å². The van der Waals surface area contributed by atoms with E-state index in [0.717, 1.165) is 33.8 Å². The van der Waals surface area contributed by atoms with E-state index < -0.39 is 0 Å².